The number of hydrogen-bond donors (Lipinski definition) is 2. The fraction of sp³-hybridized carbons (Fsp3) is 0.250. The van der Waals surface area contributed by atoms with E-state index < -0.39 is 0 Å². The number of nitrogens with one attached hydrogen (secondary N) is 1. The molecule has 0 saturated carbocycles. The standard InChI is InChI=1S/C12H14ClN3.2ClH/c1-7(14)9-6-8-4-3-5-10(13)11(8)16-12(9)15-2;;/h3-7H,14H2,1-2H3,(H,15,16);2*1H/t7-;;/m0../s1. The molecule has 0 amide bonds. The minimum absolute atomic E-state index is 0. The molecule has 0 fully saturated rings. The fourth-order valence-electron chi connectivity index (χ4n) is 1.73. The molecule has 100 valence electrons. The van der Waals surface area contributed by atoms with Crippen LogP contribution in [-0.4, -0.2) is 12.0 Å². The number of rotatable bonds is 2. The second-order valence-corrected chi connectivity index (χ2v) is 4.18. The van der Waals surface area contributed by atoms with Gasteiger partial charge in [0, 0.05) is 24.0 Å². The smallest absolute Gasteiger partial charge is 0.131 e. The first-order valence-corrected chi connectivity index (χ1v) is 5.53. The lowest BCUT2D eigenvalue weighted by atomic mass is 10.1. The van der Waals surface area contributed by atoms with Crippen molar-refractivity contribution >= 4 is 53.1 Å². The fourth-order valence-corrected chi connectivity index (χ4v) is 1.95. The summed E-state index contributed by atoms with van der Waals surface area (Å²) in [7, 11) is 1.83. The van der Waals surface area contributed by atoms with Gasteiger partial charge in [0.05, 0.1) is 10.5 Å². The Kier molecular flexibility index (Phi) is 6.71. The van der Waals surface area contributed by atoms with E-state index in [1.54, 1.807) is 0 Å². The van der Waals surface area contributed by atoms with Gasteiger partial charge in [-0.25, -0.2) is 4.98 Å². The Morgan fingerprint density at radius 1 is 1.33 bits per heavy atom. The summed E-state index contributed by atoms with van der Waals surface area (Å²) in [5.74, 6) is 0.788. The molecule has 1 aromatic heterocycles. The lowest BCUT2D eigenvalue weighted by Gasteiger charge is -2.13. The number of aromatic nitrogens is 1. The molecule has 6 heteroatoms. The van der Waals surface area contributed by atoms with Crippen LogP contribution < -0.4 is 11.1 Å². The predicted molar refractivity (Wildman–Crippen MR) is 83.4 cm³/mol. The molecular formula is C12H16Cl3N3. The number of halogens is 3. The van der Waals surface area contributed by atoms with Crippen LogP contribution in [0.5, 0.6) is 0 Å². The Bertz CT molecular complexity index is 529. The van der Waals surface area contributed by atoms with E-state index in [1.807, 2.05) is 38.2 Å². The van der Waals surface area contributed by atoms with Gasteiger partial charge in [0.25, 0.3) is 0 Å². The van der Waals surface area contributed by atoms with Crippen molar-refractivity contribution in [2.75, 3.05) is 12.4 Å². The summed E-state index contributed by atoms with van der Waals surface area (Å²) in [6.07, 6.45) is 0. The lowest BCUT2D eigenvalue weighted by Crippen LogP contribution is -2.09. The molecule has 0 aliphatic heterocycles. The second kappa shape index (κ2) is 7.00. The Labute approximate surface area is 124 Å². The predicted octanol–water partition coefficient (Wildman–Crippen LogP) is 3.79. The molecule has 3 nitrogen and oxygen atoms in total. The number of para-hydroxylation sites is 1. The van der Waals surface area contributed by atoms with Gasteiger partial charge in [0.15, 0.2) is 0 Å². The molecule has 0 bridgehead atoms. The zero-order valence-electron chi connectivity index (χ0n) is 10.1. The van der Waals surface area contributed by atoms with E-state index in [0.29, 0.717) is 5.02 Å². The number of nitrogens with two attached hydrogens (primary N) is 1. The Balaban J connectivity index is 0.00000144. The van der Waals surface area contributed by atoms with Gasteiger partial charge in [-0.2, -0.15) is 0 Å². The molecule has 0 saturated heterocycles. The molecule has 2 rings (SSSR count). The summed E-state index contributed by atoms with van der Waals surface area (Å²) >= 11 is 6.10. The van der Waals surface area contributed by atoms with Crippen LogP contribution in [0, 0.1) is 0 Å². The minimum Gasteiger partial charge on any atom is -0.373 e. The van der Waals surface area contributed by atoms with Crippen molar-refractivity contribution < 1.29 is 0 Å². The Morgan fingerprint density at radius 3 is 2.56 bits per heavy atom. The summed E-state index contributed by atoms with van der Waals surface area (Å²) < 4.78 is 0. The molecule has 18 heavy (non-hydrogen) atoms. The van der Waals surface area contributed by atoms with Crippen molar-refractivity contribution in [1.29, 1.82) is 0 Å². The lowest BCUT2D eigenvalue weighted by molar-refractivity contribution is 0.817. The molecule has 2 aromatic rings. The van der Waals surface area contributed by atoms with Gasteiger partial charge in [-0.05, 0) is 19.1 Å². The van der Waals surface area contributed by atoms with Gasteiger partial charge >= 0.3 is 0 Å². The van der Waals surface area contributed by atoms with Gasteiger partial charge in [0.1, 0.15) is 5.82 Å². The zero-order chi connectivity index (χ0) is 11.7. The summed E-state index contributed by atoms with van der Waals surface area (Å²) in [5.41, 5.74) is 7.71. The highest BCUT2D eigenvalue weighted by Crippen LogP contribution is 2.28. The third kappa shape index (κ3) is 3.18. The summed E-state index contributed by atoms with van der Waals surface area (Å²) in [6, 6.07) is 7.71. The largest absolute Gasteiger partial charge is 0.373 e. The van der Waals surface area contributed by atoms with Crippen molar-refractivity contribution in [3.05, 3.63) is 34.9 Å². The van der Waals surface area contributed by atoms with Crippen molar-refractivity contribution in [2.45, 2.75) is 13.0 Å². The normalized spacial score (nSPS) is 11.3. The number of pyridine rings is 1. The number of hydrogen-bond acceptors (Lipinski definition) is 3. The van der Waals surface area contributed by atoms with E-state index >= 15 is 0 Å². The van der Waals surface area contributed by atoms with Gasteiger partial charge < -0.3 is 11.1 Å². The third-order valence-electron chi connectivity index (χ3n) is 2.55. The van der Waals surface area contributed by atoms with Crippen LogP contribution in [0.1, 0.15) is 18.5 Å². The molecule has 1 aromatic carbocycles. The number of nitrogens with zero attached hydrogens (tertiary/aromatic N) is 1. The molecule has 0 aliphatic rings. The maximum absolute atomic E-state index is 6.10. The Hall–Kier alpha value is -0.740. The maximum atomic E-state index is 6.10. The molecule has 0 radical (unpaired) electrons. The summed E-state index contributed by atoms with van der Waals surface area (Å²) in [6.45, 7) is 1.94. The molecule has 1 atom stereocenters. The van der Waals surface area contributed by atoms with Gasteiger partial charge in [0.2, 0.25) is 0 Å². The van der Waals surface area contributed by atoms with Crippen LogP contribution in [0.2, 0.25) is 5.02 Å². The molecule has 3 N–H and O–H groups in total. The minimum atomic E-state index is -0.0571. The van der Waals surface area contributed by atoms with Gasteiger partial charge in [-0.15, -0.1) is 24.8 Å². The maximum Gasteiger partial charge on any atom is 0.131 e. The third-order valence-corrected chi connectivity index (χ3v) is 2.86. The highest BCUT2D eigenvalue weighted by molar-refractivity contribution is 6.35. The topological polar surface area (TPSA) is 50.9 Å². The first-order chi connectivity index (χ1) is 7.63. The van der Waals surface area contributed by atoms with E-state index in [4.69, 9.17) is 17.3 Å². The van der Waals surface area contributed by atoms with E-state index in [9.17, 15) is 0 Å². The van der Waals surface area contributed by atoms with Crippen LogP contribution in [0.15, 0.2) is 24.3 Å². The molecule has 0 unspecified atom stereocenters. The highest BCUT2D eigenvalue weighted by Gasteiger charge is 2.10. The number of anilines is 1. The zero-order valence-corrected chi connectivity index (χ0v) is 12.5. The van der Waals surface area contributed by atoms with E-state index in [-0.39, 0.29) is 30.9 Å². The van der Waals surface area contributed by atoms with Crippen molar-refractivity contribution in [2.24, 2.45) is 5.73 Å². The van der Waals surface area contributed by atoms with Gasteiger partial charge in [-0.1, -0.05) is 23.7 Å². The first kappa shape index (κ1) is 17.3. The van der Waals surface area contributed by atoms with E-state index in [1.165, 1.54) is 0 Å². The molecule has 1 heterocycles. The number of benzene rings is 1. The summed E-state index contributed by atoms with van der Waals surface area (Å²) in [4.78, 5) is 4.49. The van der Waals surface area contributed by atoms with E-state index in [0.717, 1.165) is 22.3 Å². The Morgan fingerprint density at radius 2 is 2.00 bits per heavy atom. The molecule has 0 spiro atoms. The molecule has 0 aliphatic carbocycles. The van der Waals surface area contributed by atoms with Crippen LogP contribution in [0.25, 0.3) is 10.9 Å². The average molecular weight is 309 g/mol. The monoisotopic (exact) mass is 307 g/mol. The first-order valence-electron chi connectivity index (χ1n) is 5.16. The van der Waals surface area contributed by atoms with E-state index in [2.05, 4.69) is 10.3 Å². The summed E-state index contributed by atoms with van der Waals surface area (Å²) in [5, 5.41) is 4.72. The van der Waals surface area contributed by atoms with Crippen molar-refractivity contribution in [3.8, 4) is 0 Å². The van der Waals surface area contributed by atoms with Crippen molar-refractivity contribution in [1.82, 2.24) is 4.98 Å². The highest BCUT2D eigenvalue weighted by atomic mass is 35.5. The number of fused-ring (bicyclic) bond motifs is 1. The second-order valence-electron chi connectivity index (χ2n) is 3.78. The van der Waals surface area contributed by atoms with Crippen LogP contribution in [0.4, 0.5) is 5.82 Å². The van der Waals surface area contributed by atoms with Crippen LogP contribution in [-0.2, 0) is 0 Å². The average Bonchev–Trinajstić information content (AvgIpc) is 2.28. The molecular weight excluding hydrogens is 293 g/mol. The van der Waals surface area contributed by atoms with Crippen molar-refractivity contribution in [3.63, 3.8) is 0 Å². The van der Waals surface area contributed by atoms with Crippen LogP contribution >= 0.6 is 36.4 Å². The SMILES string of the molecule is CNc1nc2c(Cl)cccc2cc1[C@H](C)N.Cl.Cl. The van der Waals surface area contributed by atoms with Gasteiger partial charge in [-0.3, -0.25) is 0 Å². The van der Waals surface area contributed by atoms with Crippen LogP contribution in [0.3, 0.4) is 0 Å². The quantitative estimate of drug-likeness (QED) is 0.887.